The average Bonchev–Trinajstić information content (AvgIpc) is 3.34. The molecule has 0 fully saturated rings. The summed E-state index contributed by atoms with van der Waals surface area (Å²) in [4.78, 5) is 28.9. The zero-order valence-electron chi connectivity index (χ0n) is 18.1. The molecule has 2 heterocycles. The van der Waals surface area contributed by atoms with E-state index in [-0.39, 0.29) is 24.1 Å². The number of benzene rings is 2. The third-order valence-electron chi connectivity index (χ3n) is 4.71. The summed E-state index contributed by atoms with van der Waals surface area (Å²) >= 11 is 0. The number of anilines is 2. The highest BCUT2D eigenvalue weighted by Gasteiger charge is 2.15. The SMILES string of the molecule is COc1cc(NC(=O)c2ccc(COc3ccc(F)cc3)o2)ccc1NC(=O)c1cccnc1. The largest absolute Gasteiger partial charge is 0.494 e. The number of nitrogens with one attached hydrogen (secondary N) is 2. The topological polar surface area (TPSA) is 103 Å². The smallest absolute Gasteiger partial charge is 0.291 e. The van der Waals surface area contributed by atoms with E-state index in [4.69, 9.17) is 13.9 Å². The molecule has 0 unspecified atom stereocenters. The highest BCUT2D eigenvalue weighted by molar-refractivity contribution is 6.05. The molecule has 4 rings (SSSR count). The summed E-state index contributed by atoms with van der Waals surface area (Å²) in [5.74, 6) is 0.196. The van der Waals surface area contributed by atoms with Gasteiger partial charge in [0, 0.05) is 24.1 Å². The number of hydrogen-bond donors (Lipinski definition) is 2. The van der Waals surface area contributed by atoms with Crippen LogP contribution in [0.25, 0.3) is 0 Å². The lowest BCUT2D eigenvalue weighted by Gasteiger charge is -2.12. The summed E-state index contributed by atoms with van der Waals surface area (Å²) < 4.78 is 29.4. The van der Waals surface area contributed by atoms with Crippen LogP contribution in [0.15, 0.2) is 83.5 Å². The summed E-state index contributed by atoms with van der Waals surface area (Å²) in [7, 11) is 1.46. The molecule has 0 aliphatic rings. The summed E-state index contributed by atoms with van der Waals surface area (Å²) in [6, 6.07) is 16.9. The van der Waals surface area contributed by atoms with E-state index in [2.05, 4.69) is 15.6 Å². The minimum atomic E-state index is -0.470. The van der Waals surface area contributed by atoms with Gasteiger partial charge in [-0.25, -0.2) is 4.39 Å². The lowest BCUT2D eigenvalue weighted by atomic mass is 10.2. The molecule has 2 N–H and O–H groups in total. The Bertz CT molecular complexity index is 1290. The number of amides is 2. The van der Waals surface area contributed by atoms with Gasteiger partial charge in [0.2, 0.25) is 0 Å². The number of methoxy groups -OCH3 is 1. The van der Waals surface area contributed by atoms with Crippen LogP contribution in [0.3, 0.4) is 0 Å². The Kier molecular flexibility index (Phi) is 6.83. The Labute approximate surface area is 194 Å². The Hall–Kier alpha value is -4.66. The molecule has 2 aromatic carbocycles. The van der Waals surface area contributed by atoms with Crippen molar-refractivity contribution in [1.82, 2.24) is 4.98 Å². The molecule has 8 nitrogen and oxygen atoms in total. The molecular formula is C25H20FN3O5. The van der Waals surface area contributed by atoms with E-state index in [1.807, 2.05) is 0 Å². The number of ether oxygens (including phenoxy) is 2. The Balaban J connectivity index is 1.38. The molecule has 34 heavy (non-hydrogen) atoms. The summed E-state index contributed by atoms with van der Waals surface area (Å²) in [6.45, 7) is 0.0814. The molecule has 0 saturated carbocycles. The van der Waals surface area contributed by atoms with Crippen molar-refractivity contribution >= 4 is 23.2 Å². The number of aromatic nitrogens is 1. The Morgan fingerprint density at radius 2 is 1.82 bits per heavy atom. The van der Waals surface area contributed by atoms with Crippen molar-refractivity contribution in [1.29, 1.82) is 0 Å². The van der Waals surface area contributed by atoms with Gasteiger partial charge < -0.3 is 24.5 Å². The van der Waals surface area contributed by atoms with Gasteiger partial charge in [-0.2, -0.15) is 0 Å². The monoisotopic (exact) mass is 461 g/mol. The lowest BCUT2D eigenvalue weighted by Crippen LogP contribution is -2.14. The number of furan rings is 1. The molecular weight excluding hydrogens is 441 g/mol. The van der Waals surface area contributed by atoms with E-state index in [1.165, 1.54) is 43.6 Å². The predicted molar refractivity (Wildman–Crippen MR) is 123 cm³/mol. The quantitative estimate of drug-likeness (QED) is 0.387. The second kappa shape index (κ2) is 10.3. The van der Waals surface area contributed by atoms with E-state index in [0.29, 0.717) is 34.2 Å². The third-order valence-corrected chi connectivity index (χ3v) is 4.71. The molecule has 0 spiro atoms. The van der Waals surface area contributed by atoms with Crippen molar-refractivity contribution in [2.24, 2.45) is 0 Å². The fourth-order valence-electron chi connectivity index (χ4n) is 3.02. The van der Waals surface area contributed by atoms with Crippen molar-refractivity contribution < 1.29 is 27.9 Å². The van der Waals surface area contributed by atoms with Crippen LogP contribution >= 0.6 is 0 Å². The first-order chi connectivity index (χ1) is 16.5. The number of hydrogen-bond acceptors (Lipinski definition) is 6. The summed E-state index contributed by atoms with van der Waals surface area (Å²) in [5, 5.41) is 5.47. The van der Waals surface area contributed by atoms with Gasteiger partial charge in [-0.1, -0.05) is 0 Å². The molecule has 0 saturated heterocycles. The fraction of sp³-hybridized carbons (Fsp3) is 0.0800. The van der Waals surface area contributed by atoms with Crippen molar-refractivity contribution in [3.63, 3.8) is 0 Å². The first-order valence-electron chi connectivity index (χ1n) is 10.2. The van der Waals surface area contributed by atoms with Crippen LogP contribution in [0.1, 0.15) is 26.7 Å². The second-order valence-electron chi connectivity index (χ2n) is 7.07. The molecule has 0 radical (unpaired) electrons. The van der Waals surface area contributed by atoms with Gasteiger partial charge in [0.15, 0.2) is 5.76 Å². The lowest BCUT2D eigenvalue weighted by molar-refractivity contribution is 0.0990. The van der Waals surface area contributed by atoms with Gasteiger partial charge in [0.1, 0.15) is 29.7 Å². The Morgan fingerprint density at radius 1 is 1.00 bits per heavy atom. The van der Waals surface area contributed by atoms with Crippen LogP contribution in [-0.4, -0.2) is 23.9 Å². The van der Waals surface area contributed by atoms with Gasteiger partial charge in [-0.3, -0.25) is 14.6 Å². The fourth-order valence-corrected chi connectivity index (χ4v) is 3.02. The zero-order chi connectivity index (χ0) is 23.9. The average molecular weight is 461 g/mol. The number of halogens is 1. The molecule has 172 valence electrons. The highest BCUT2D eigenvalue weighted by atomic mass is 19.1. The first kappa shape index (κ1) is 22.5. The van der Waals surface area contributed by atoms with Gasteiger partial charge in [0.05, 0.1) is 18.4 Å². The number of carbonyl (C=O) groups is 2. The van der Waals surface area contributed by atoms with Crippen molar-refractivity contribution in [2.45, 2.75) is 6.61 Å². The standard InChI is InChI=1S/C25H20FN3O5/c1-32-23-13-18(6-10-21(23)29-24(30)16-3-2-12-27-14-16)28-25(31)22-11-9-20(34-22)15-33-19-7-4-17(26)5-8-19/h2-14H,15H2,1H3,(H,28,31)(H,29,30). The predicted octanol–water partition coefficient (Wildman–Crippen LogP) is 4.91. The summed E-state index contributed by atoms with van der Waals surface area (Å²) in [6.07, 6.45) is 3.04. The summed E-state index contributed by atoms with van der Waals surface area (Å²) in [5.41, 5.74) is 1.29. The maximum atomic E-state index is 13.0. The second-order valence-corrected chi connectivity index (χ2v) is 7.07. The van der Waals surface area contributed by atoms with Crippen LogP contribution in [0, 0.1) is 5.82 Å². The van der Waals surface area contributed by atoms with Crippen LogP contribution in [-0.2, 0) is 6.61 Å². The molecule has 2 aromatic heterocycles. The molecule has 0 atom stereocenters. The van der Waals surface area contributed by atoms with Gasteiger partial charge in [0.25, 0.3) is 11.8 Å². The van der Waals surface area contributed by atoms with E-state index >= 15 is 0 Å². The molecule has 9 heteroatoms. The van der Waals surface area contributed by atoms with Crippen molar-refractivity contribution in [2.75, 3.05) is 17.7 Å². The number of rotatable bonds is 8. The third kappa shape index (κ3) is 5.57. The van der Waals surface area contributed by atoms with Crippen LogP contribution in [0.5, 0.6) is 11.5 Å². The molecule has 0 bridgehead atoms. The molecule has 2 amide bonds. The van der Waals surface area contributed by atoms with E-state index in [9.17, 15) is 14.0 Å². The minimum Gasteiger partial charge on any atom is -0.494 e. The number of nitrogens with zero attached hydrogens (tertiary/aromatic N) is 1. The zero-order valence-corrected chi connectivity index (χ0v) is 18.1. The Morgan fingerprint density at radius 3 is 2.56 bits per heavy atom. The highest BCUT2D eigenvalue weighted by Crippen LogP contribution is 2.29. The van der Waals surface area contributed by atoms with Crippen molar-refractivity contribution in [3.05, 3.63) is 102 Å². The van der Waals surface area contributed by atoms with E-state index in [0.717, 1.165) is 0 Å². The van der Waals surface area contributed by atoms with Crippen LogP contribution in [0.2, 0.25) is 0 Å². The van der Waals surface area contributed by atoms with Gasteiger partial charge >= 0.3 is 0 Å². The van der Waals surface area contributed by atoms with E-state index < -0.39 is 5.91 Å². The van der Waals surface area contributed by atoms with Gasteiger partial charge in [-0.15, -0.1) is 0 Å². The molecule has 0 aliphatic carbocycles. The molecule has 4 aromatic rings. The molecule has 0 aliphatic heterocycles. The number of pyridine rings is 1. The van der Waals surface area contributed by atoms with Crippen molar-refractivity contribution in [3.8, 4) is 11.5 Å². The van der Waals surface area contributed by atoms with Gasteiger partial charge in [-0.05, 0) is 60.7 Å². The van der Waals surface area contributed by atoms with E-state index in [1.54, 1.807) is 42.6 Å². The first-order valence-corrected chi connectivity index (χ1v) is 10.2. The maximum Gasteiger partial charge on any atom is 0.291 e. The maximum absolute atomic E-state index is 13.0. The van der Waals surface area contributed by atoms with Crippen LogP contribution < -0.4 is 20.1 Å². The number of carbonyl (C=O) groups excluding carboxylic acids is 2. The minimum absolute atomic E-state index is 0.0814. The van der Waals surface area contributed by atoms with Crippen LogP contribution in [0.4, 0.5) is 15.8 Å². The normalized spacial score (nSPS) is 10.4.